The van der Waals surface area contributed by atoms with Crippen LogP contribution in [-0.4, -0.2) is 61.8 Å². The molecule has 0 bridgehead atoms. The van der Waals surface area contributed by atoms with Crippen LogP contribution < -0.4 is 10.6 Å². The number of aliphatic imine (C=N–C) groups is 1. The number of halogens is 1. The molecule has 0 aromatic carbocycles. The first-order valence-electron chi connectivity index (χ1n) is 11.6. The van der Waals surface area contributed by atoms with Crippen molar-refractivity contribution in [3.8, 4) is 0 Å². The maximum Gasteiger partial charge on any atom is 0.191 e. The highest BCUT2D eigenvalue weighted by Crippen LogP contribution is 2.57. The van der Waals surface area contributed by atoms with Gasteiger partial charge in [-0.1, -0.05) is 25.7 Å². The Kier molecular flexibility index (Phi) is 8.31. The molecule has 4 rings (SSSR count). The van der Waals surface area contributed by atoms with Crippen LogP contribution in [0.5, 0.6) is 0 Å². The summed E-state index contributed by atoms with van der Waals surface area (Å²) in [4.78, 5) is 7.31. The molecule has 0 radical (unpaired) electrons. The van der Waals surface area contributed by atoms with Crippen LogP contribution in [0, 0.1) is 5.41 Å². The van der Waals surface area contributed by atoms with Gasteiger partial charge in [-0.05, 0) is 51.9 Å². The van der Waals surface area contributed by atoms with Gasteiger partial charge in [-0.15, -0.1) is 24.0 Å². The van der Waals surface area contributed by atoms with Crippen LogP contribution in [-0.2, 0) is 4.74 Å². The highest BCUT2D eigenvalue weighted by atomic mass is 127. The Bertz CT molecular complexity index is 511. The summed E-state index contributed by atoms with van der Waals surface area (Å²) >= 11 is 0. The van der Waals surface area contributed by atoms with Crippen molar-refractivity contribution < 1.29 is 4.74 Å². The van der Waals surface area contributed by atoms with Gasteiger partial charge in [0.2, 0.25) is 0 Å². The highest BCUT2D eigenvalue weighted by Gasteiger charge is 2.59. The van der Waals surface area contributed by atoms with E-state index in [9.17, 15) is 0 Å². The second-order valence-corrected chi connectivity index (χ2v) is 9.28. The quantitative estimate of drug-likeness (QED) is 0.339. The average Bonchev–Trinajstić information content (AvgIpc) is 2.66. The lowest BCUT2D eigenvalue weighted by Gasteiger charge is -2.61. The van der Waals surface area contributed by atoms with Crippen molar-refractivity contribution in [2.24, 2.45) is 10.4 Å². The van der Waals surface area contributed by atoms with Gasteiger partial charge in [-0.25, -0.2) is 0 Å². The Hall–Kier alpha value is -0.0800. The van der Waals surface area contributed by atoms with Crippen LogP contribution >= 0.6 is 24.0 Å². The van der Waals surface area contributed by atoms with Gasteiger partial charge in [0, 0.05) is 50.3 Å². The van der Waals surface area contributed by atoms with E-state index in [2.05, 4.69) is 27.4 Å². The average molecular weight is 505 g/mol. The Labute approximate surface area is 188 Å². The van der Waals surface area contributed by atoms with E-state index in [1.165, 1.54) is 77.3 Å². The van der Waals surface area contributed by atoms with Crippen molar-refractivity contribution >= 4 is 29.9 Å². The molecule has 2 atom stereocenters. The molecular formula is C22H41IN4O. The maximum atomic E-state index is 5.99. The smallest absolute Gasteiger partial charge is 0.191 e. The molecule has 3 saturated carbocycles. The van der Waals surface area contributed by atoms with Gasteiger partial charge in [-0.3, -0.25) is 4.99 Å². The number of hydrogen-bond acceptors (Lipinski definition) is 3. The summed E-state index contributed by atoms with van der Waals surface area (Å²) in [5.41, 5.74) is 0.387. The lowest BCUT2D eigenvalue weighted by molar-refractivity contribution is -0.168. The fourth-order valence-electron chi connectivity index (χ4n) is 6.02. The van der Waals surface area contributed by atoms with Crippen LogP contribution in [0.1, 0.15) is 77.6 Å². The van der Waals surface area contributed by atoms with Crippen molar-refractivity contribution in [2.75, 3.05) is 26.7 Å². The van der Waals surface area contributed by atoms with E-state index in [-0.39, 0.29) is 24.0 Å². The predicted octanol–water partition coefficient (Wildman–Crippen LogP) is 3.91. The van der Waals surface area contributed by atoms with Gasteiger partial charge in [0.25, 0.3) is 0 Å². The second-order valence-electron chi connectivity index (χ2n) is 9.28. The van der Waals surface area contributed by atoms with Crippen molar-refractivity contribution in [3.05, 3.63) is 0 Å². The first kappa shape index (κ1) is 22.6. The number of piperidine rings is 1. The molecule has 6 heteroatoms. The number of rotatable bonds is 5. The first-order valence-corrected chi connectivity index (χ1v) is 11.6. The third kappa shape index (κ3) is 4.64. The molecule has 2 unspecified atom stereocenters. The highest BCUT2D eigenvalue weighted by molar-refractivity contribution is 14.0. The summed E-state index contributed by atoms with van der Waals surface area (Å²) in [5.74, 6) is 1.01. The predicted molar refractivity (Wildman–Crippen MR) is 127 cm³/mol. The molecule has 2 N–H and O–H groups in total. The minimum absolute atomic E-state index is 0. The minimum atomic E-state index is 0. The Balaban J connectivity index is 0.00000225. The van der Waals surface area contributed by atoms with E-state index < -0.39 is 0 Å². The van der Waals surface area contributed by atoms with Gasteiger partial charge in [0.05, 0.1) is 6.10 Å². The number of guanidine groups is 1. The van der Waals surface area contributed by atoms with E-state index in [1.54, 1.807) is 0 Å². The van der Waals surface area contributed by atoms with E-state index in [0.29, 0.717) is 23.6 Å². The van der Waals surface area contributed by atoms with E-state index in [0.717, 1.165) is 25.0 Å². The molecule has 0 aromatic heterocycles. The van der Waals surface area contributed by atoms with Crippen molar-refractivity contribution in [2.45, 2.75) is 102 Å². The summed E-state index contributed by atoms with van der Waals surface area (Å²) < 4.78 is 5.99. The fraction of sp³-hybridized carbons (Fsp3) is 0.955. The van der Waals surface area contributed by atoms with E-state index >= 15 is 0 Å². The molecule has 4 aliphatic rings. The summed E-state index contributed by atoms with van der Waals surface area (Å²) in [5, 5.41) is 7.48. The summed E-state index contributed by atoms with van der Waals surface area (Å²) in [6.07, 6.45) is 15.2. The molecule has 0 aromatic rings. The second kappa shape index (κ2) is 10.3. The minimum Gasteiger partial charge on any atom is -0.378 e. The van der Waals surface area contributed by atoms with Gasteiger partial charge >= 0.3 is 0 Å². The summed E-state index contributed by atoms with van der Waals surface area (Å²) in [6, 6.07) is 1.97. The van der Waals surface area contributed by atoms with Gasteiger partial charge in [-0.2, -0.15) is 0 Å². The number of nitrogens with one attached hydrogen (secondary N) is 2. The van der Waals surface area contributed by atoms with Crippen LogP contribution in [0.25, 0.3) is 0 Å². The van der Waals surface area contributed by atoms with Crippen molar-refractivity contribution in [1.29, 1.82) is 0 Å². The Morgan fingerprint density at radius 3 is 2.32 bits per heavy atom. The molecule has 1 saturated heterocycles. The lowest BCUT2D eigenvalue weighted by Crippen LogP contribution is -2.69. The first-order chi connectivity index (χ1) is 13.2. The van der Waals surface area contributed by atoms with Gasteiger partial charge in [0.15, 0.2) is 5.96 Å². The van der Waals surface area contributed by atoms with Crippen molar-refractivity contribution in [3.63, 3.8) is 0 Å². The number of ether oxygens (including phenoxy) is 1. The zero-order chi connectivity index (χ0) is 18.7. The normalized spacial score (nSPS) is 31.6. The topological polar surface area (TPSA) is 48.9 Å². The zero-order valence-electron chi connectivity index (χ0n) is 17.9. The molecule has 1 spiro atoms. The summed E-state index contributed by atoms with van der Waals surface area (Å²) in [6.45, 7) is 5.46. The van der Waals surface area contributed by atoms with Gasteiger partial charge < -0.3 is 20.3 Å². The largest absolute Gasteiger partial charge is 0.378 e. The SMILES string of the molecule is CCOC1CC(NC(=NC)NC2CCN(C3CCCCC3)CC2)C12CCC2.I. The van der Waals surface area contributed by atoms with Crippen LogP contribution in [0.4, 0.5) is 0 Å². The molecule has 0 amide bonds. The molecule has 1 heterocycles. The van der Waals surface area contributed by atoms with Crippen molar-refractivity contribution in [1.82, 2.24) is 15.5 Å². The van der Waals surface area contributed by atoms with E-state index in [4.69, 9.17) is 4.74 Å². The lowest BCUT2D eigenvalue weighted by atomic mass is 9.51. The molecule has 5 nitrogen and oxygen atoms in total. The van der Waals surface area contributed by atoms with Gasteiger partial charge in [0.1, 0.15) is 0 Å². The van der Waals surface area contributed by atoms with Crippen LogP contribution in [0.3, 0.4) is 0 Å². The van der Waals surface area contributed by atoms with Crippen LogP contribution in [0.15, 0.2) is 4.99 Å². The molecule has 3 aliphatic carbocycles. The fourth-order valence-corrected chi connectivity index (χ4v) is 6.02. The monoisotopic (exact) mass is 504 g/mol. The standard InChI is InChI=1S/C22H40N4O.HI/c1-3-27-20-16-19(22(20)12-7-13-22)25-21(23-2)24-17-10-14-26(15-11-17)18-8-5-4-6-9-18;/h17-20H,3-16H2,1-2H3,(H2,23,24,25);1H. The molecule has 4 fully saturated rings. The molecule has 28 heavy (non-hydrogen) atoms. The number of nitrogens with zero attached hydrogens (tertiary/aromatic N) is 2. The Morgan fingerprint density at radius 1 is 1.04 bits per heavy atom. The third-order valence-electron chi connectivity index (χ3n) is 7.93. The number of likely N-dealkylation sites (tertiary alicyclic amines) is 1. The Morgan fingerprint density at radius 2 is 1.75 bits per heavy atom. The van der Waals surface area contributed by atoms with E-state index in [1.807, 2.05) is 7.05 Å². The maximum absolute atomic E-state index is 5.99. The zero-order valence-corrected chi connectivity index (χ0v) is 20.3. The number of hydrogen-bond donors (Lipinski definition) is 2. The third-order valence-corrected chi connectivity index (χ3v) is 7.93. The van der Waals surface area contributed by atoms with Crippen LogP contribution in [0.2, 0.25) is 0 Å². The molecule has 1 aliphatic heterocycles. The molecule has 162 valence electrons. The summed E-state index contributed by atoms with van der Waals surface area (Å²) in [7, 11) is 1.92. The molecular weight excluding hydrogens is 463 g/mol.